The second kappa shape index (κ2) is 6.74. The molecule has 2 aromatic carbocycles. The molecule has 0 aliphatic carbocycles. The van der Waals surface area contributed by atoms with E-state index in [-0.39, 0.29) is 31.7 Å². The summed E-state index contributed by atoms with van der Waals surface area (Å²) in [6, 6.07) is 8.10. The second-order valence-electron chi connectivity index (χ2n) is 6.08. The average Bonchev–Trinajstić information content (AvgIpc) is 3.26. The first kappa shape index (κ1) is 16.5. The highest BCUT2D eigenvalue weighted by Crippen LogP contribution is 2.40. The molecular formula is C19H17FO6. The van der Waals surface area contributed by atoms with Crippen LogP contribution in [0.1, 0.15) is 23.5 Å². The average molecular weight is 360 g/mol. The Hall–Kier alpha value is -2.96. The van der Waals surface area contributed by atoms with Crippen LogP contribution in [0, 0.1) is 5.82 Å². The summed E-state index contributed by atoms with van der Waals surface area (Å²) in [5.41, 5.74) is 1.52. The van der Waals surface area contributed by atoms with Crippen molar-refractivity contribution in [2.75, 3.05) is 20.5 Å². The first-order chi connectivity index (χ1) is 12.6. The molecule has 7 heteroatoms. The first-order valence-corrected chi connectivity index (χ1v) is 8.18. The van der Waals surface area contributed by atoms with Crippen LogP contribution in [0.25, 0.3) is 0 Å². The summed E-state index contributed by atoms with van der Waals surface area (Å²) >= 11 is 0. The van der Waals surface area contributed by atoms with Gasteiger partial charge in [-0.15, -0.1) is 0 Å². The van der Waals surface area contributed by atoms with Gasteiger partial charge in [-0.25, -0.2) is 4.39 Å². The SMILES string of the molecule is COC(=O)CC1COc2cc(OCc3cc(F)cc4c3OCO4)ccc21. The third kappa shape index (κ3) is 3.12. The van der Waals surface area contributed by atoms with Crippen molar-refractivity contribution >= 4 is 5.97 Å². The van der Waals surface area contributed by atoms with Gasteiger partial charge in [0, 0.05) is 29.2 Å². The topological polar surface area (TPSA) is 63.2 Å². The molecule has 1 atom stereocenters. The van der Waals surface area contributed by atoms with E-state index in [9.17, 15) is 9.18 Å². The molecule has 136 valence electrons. The third-order valence-electron chi connectivity index (χ3n) is 4.41. The summed E-state index contributed by atoms with van der Waals surface area (Å²) in [5, 5.41) is 0. The minimum Gasteiger partial charge on any atom is -0.492 e. The van der Waals surface area contributed by atoms with Crippen LogP contribution in [0.15, 0.2) is 30.3 Å². The van der Waals surface area contributed by atoms with Gasteiger partial charge >= 0.3 is 5.97 Å². The molecule has 4 rings (SSSR count). The van der Waals surface area contributed by atoms with Gasteiger partial charge in [0.15, 0.2) is 11.5 Å². The van der Waals surface area contributed by atoms with Crippen LogP contribution in [-0.4, -0.2) is 26.5 Å². The zero-order valence-electron chi connectivity index (χ0n) is 14.1. The summed E-state index contributed by atoms with van der Waals surface area (Å²) in [7, 11) is 1.37. The molecule has 2 aliphatic rings. The maximum atomic E-state index is 13.7. The number of carbonyl (C=O) groups is 1. The van der Waals surface area contributed by atoms with Gasteiger partial charge in [-0.1, -0.05) is 6.07 Å². The van der Waals surface area contributed by atoms with Crippen molar-refractivity contribution in [2.24, 2.45) is 0 Å². The van der Waals surface area contributed by atoms with Crippen molar-refractivity contribution < 1.29 is 32.9 Å². The van der Waals surface area contributed by atoms with E-state index in [4.69, 9.17) is 23.7 Å². The Labute approximate surface area is 149 Å². The summed E-state index contributed by atoms with van der Waals surface area (Å²) in [5.74, 6) is 1.45. The largest absolute Gasteiger partial charge is 0.492 e. The van der Waals surface area contributed by atoms with Gasteiger partial charge in [0.25, 0.3) is 0 Å². The van der Waals surface area contributed by atoms with Crippen molar-refractivity contribution in [1.29, 1.82) is 0 Å². The Morgan fingerprint density at radius 3 is 2.92 bits per heavy atom. The zero-order valence-corrected chi connectivity index (χ0v) is 14.1. The van der Waals surface area contributed by atoms with E-state index in [0.29, 0.717) is 35.2 Å². The van der Waals surface area contributed by atoms with E-state index < -0.39 is 5.82 Å². The molecule has 0 aromatic heterocycles. The van der Waals surface area contributed by atoms with Crippen LogP contribution in [0.5, 0.6) is 23.0 Å². The number of methoxy groups -OCH3 is 1. The highest BCUT2D eigenvalue weighted by molar-refractivity contribution is 5.71. The second-order valence-corrected chi connectivity index (χ2v) is 6.08. The molecule has 0 saturated heterocycles. The number of hydrogen-bond donors (Lipinski definition) is 0. The fourth-order valence-electron chi connectivity index (χ4n) is 3.11. The smallest absolute Gasteiger partial charge is 0.306 e. The molecule has 0 spiro atoms. The number of benzene rings is 2. The van der Waals surface area contributed by atoms with Gasteiger partial charge in [-0.3, -0.25) is 4.79 Å². The molecule has 0 saturated carbocycles. The lowest BCUT2D eigenvalue weighted by Gasteiger charge is -2.11. The minimum absolute atomic E-state index is 0.0245. The maximum Gasteiger partial charge on any atom is 0.306 e. The fourth-order valence-corrected chi connectivity index (χ4v) is 3.11. The summed E-state index contributed by atoms with van der Waals surface area (Å²) in [4.78, 5) is 11.5. The summed E-state index contributed by atoms with van der Waals surface area (Å²) in [6.45, 7) is 0.629. The van der Waals surface area contributed by atoms with Gasteiger partial charge in [0.05, 0.1) is 20.1 Å². The molecule has 0 bridgehead atoms. The lowest BCUT2D eigenvalue weighted by Crippen LogP contribution is -2.09. The van der Waals surface area contributed by atoms with Crippen LogP contribution in [0.4, 0.5) is 4.39 Å². The van der Waals surface area contributed by atoms with Gasteiger partial charge in [0.1, 0.15) is 23.9 Å². The molecule has 0 amide bonds. The lowest BCUT2D eigenvalue weighted by atomic mass is 9.98. The van der Waals surface area contributed by atoms with Crippen LogP contribution in [0.2, 0.25) is 0 Å². The molecule has 0 fully saturated rings. The number of halogens is 1. The predicted octanol–water partition coefficient (Wildman–Crippen LogP) is 3.17. The Morgan fingerprint density at radius 2 is 2.08 bits per heavy atom. The lowest BCUT2D eigenvalue weighted by molar-refractivity contribution is -0.141. The Morgan fingerprint density at radius 1 is 1.19 bits per heavy atom. The fraction of sp³-hybridized carbons (Fsp3) is 0.316. The maximum absolute atomic E-state index is 13.7. The molecule has 2 heterocycles. The third-order valence-corrected chi connectivity index (χ3v) is 4.41. The molecule has 2 aromatic rings. The van der Waals surface area contributed by atoms with Crippen molar-refractivity contribution in [1.82, 2.24) is 0 Å². The predicted molar refractivity (Wildman–Crippen MR) is 88.2 cm³/mol. The Kier molecular flexibility index (Phi) is 4.28. The van der Waals surface area contributed by atoms with Crippen LogP contribution >= 0.6 is 0 Å². The number of ether oxygens (including phenoxy) is 5. The van der Waals surface area contributed by atoms with Crippen molar-refractivity contribution in [3.8, 4) is 23.0 Å². The van der Waals surface area contributed by atoms with E-state index in [0.717, 1.165) is 5.56 Å². The summed E-state index contributed by atoms with van der Waals surface area (Å²) < 4.78 is 40.4. The minimum atomic E-state index is -0.407. The van der Waals surface area contributed by atoms with Crippen molar-refractivity contribution in [3.05, 3.63) is 47.3 Å². The van der Waals surface area contributed by atoms with Crippen molar-refractivity contribution in [3.63, 3.8) is 0 Å². The van der Waals surface area contributed by atoms with Crippen LogP contribution < -0.4 is 18.9 Å². The highest BCUT2D eigenvalue weighted by atomic mass is 19.1. The number of hydrogen-bond acceptors (Lipinski definition) is 6. The molecule has 0 radical (unpaired) electrons. The normalized spacial score (nSPS) is 16.8. The quantitative estimate of drug-likeness (QED) is 0.763. The summed E-state index contributed by atoms with van der Waals surface area (Å²) in [6.07, 6.45) is 0.274. The van der Waals surface area contributed by atoms with Crippen LogP contribution in [-0.2, 0) is 16.1 Å². The number of esters is 1. The molecule has 6 nitrogen and oxygen atoms in total. The first-order valence-electron chi connectivity index (χ1n) is 8.18. The van der Waals surface area contributed by atoms with Crippen LogP contribution in [0.3, 0.4) is 0 Å². The molecule has 1 unspecified atom stereocenters. The van der Waals surface area contributed by atoms with E-state index in [2.05, 4.69) is 0 Å². The number of carbonyl (C=O) groups excluding carboxylic acids is 1. The van der Waals surface area contributed by atoms with E-state index >= 15 is 0 Å². The highest BCUT2D eigenvalue weighted by Gasteiger charge is 2.27. The van der Waals surface area contributed by atoms with Crippen molar-refractivity contribution in [2.45, 2.75) is 18.9 Å². The Balaban J connectivity index is 1.47. The molecular weight excluding hydrogens is 343 g/mol. The van der Waals surface area contributed by atoms with E-state index in [1.807, 2.05) is 6.07 Å². The number of fused-ring (bicyclic) bond motifs is 2. The van der Waals surface area contributed by atoms with E-state index in [1.54, 1.807) is 12.1 Å². The van der Waals surface area contributed by atoms with Gasteiger partial charge < -0.3 is 23.7 Å². The number of rotatable bonds is 5. The molecule has 26 heavy (non-hydrogen) atoms. The van der Waals surface area contributed by atoms with Gasteiger partial charge in [-0.05, 0) is 12.1 Å². The molecule has 0 N–H and O–H groups in total. The van der Waals surface area contributed by atoms with Gasteiger partial charge in [0.2, 0.25) is 6.79 Å². The van der Waals surface area contributed by atoms with Gasteiger partial charge in [-0.2, -0.15) is 0 Å². The monoisotopic (exact) mass is 360 g/mol. The Bertz CT molecular complexity index is 850. The van der Waals surface area contributed by atoms with E-state index in [1.165, 1.54) is 19.2 Å². The molecule has 2 aliphatic heterocycles. The standard InChI is InChI=1S/C19H17FO6/c1-22-18(21)5-11-8-24-16-7-14(2-3-15(11)16)23-9-12-4-13(20)6-17-19(12)26-10-25-17/h2-4,6-7,11H,5,8-10H2,1H3. The zero-order chi connectivity index (χ0) is 18.1.